The number of hydrogen-bond donors (Lipinski definition) is 3. The molecule has 0 bridgehead atoms. The van der Waals surface area contributed by atoms with Gasteiger partial charge in [0.1, 0.15) is 17.2 Å². The lowest BCUT2D eigenvalue weighted by atomic mass is 10.2. The van der Waals surface area contributed by atoms with Crippen molar-refractivity contribution < 1.29 is 30.7 Å². The van der Waals surface area contributed by atoms with E-state index < -0.39 is 7.82 Å². The Bertz CT molecular complexity index is 799. The molecule has 3 aromatic rings. The predicted octanol–water partition coefficient (Wildman–Crippen LogP) is 7.12. The molecule has 32 heavy (non-hydrogen) atoms. The largest absolute Gasteiger partial charge is 0.466 e. The lowest BCUT2D eigenvalue weighted by Gasteiger charge is -1.94. The minimum atomic E-state index is -4.64. The summed E-state index contributed by atoms with van der Waals surface area (Å²) in [5.41, 5.74) is 3.72. The van der Waals surface area contributed by atoms with Crippen LogP contribution in [0.25, 0.3) is 0 Å². The molecule has 0 heterocycles. The smallest absolute Gasteiger partial charge is 0.418 e. The van der Waals surface area contributed by atoms with Crippen LogP contribution in [0.4, 0.5) is 0 Å². The topological polar surface area (TPSA) is 105 Å². The van der Waals surface area contributed by atoms with E-state index in [0.717, 1.165) is 17.2 Å². The number of halogens is 3. The van der Waals surface area contributed by atoms with Crippen molar-refractivity contribution in [3.05, 3.63) is 89.5 Å². The molecule has 0 aromatic heterocycles. The summed E-state index contributed by atoms with van der Waals surface area (Å²) in [7, 11) is -4.64. The molecule has 0 radical (unpaired) electrons. The quantitative estimate of drug-likeness (QED) is 0.257. The van der Waals surface area contributed by atoms with Crippen LogP contribution in [0.1, 0.15) is 16.7 Å². The highest BCUT2D eigenvalue weighted by Gasteiger charge is 2.00. The average molecular weight is 659 g/mol. The fraction of sp³-hybridized carbons (Fsp3) is 0.143. The number of benzene rings is 3. The molecule has 0 unspecified atom stereocenters. The Labute approximate surface area is 214 Å². The van der Waals surface area contributed by atoms with Gasteiger partial charge in [-0.1, -0.05) is 53.1 Å². The fourth-order valence-electron chi connectivity index (χ4n) is 1.77. The van der Waals surface area contributed by atoms with Crippen LogP contribution in [0.15, 0.2) is 72.8 Å². The van der Waals surface area contributed by atoms with Crippen molar-refractivity contribution in [1.82, 2.24) is 0 Å². The summed E-state index contributed by atoms with van der Waals surface area (Å²) in [6.45, 7) is 6.12. The Balaban J connectivity index is 0.000000410. The third-order valence-electron chi connectivity index (χ3n) is 3.33. The highest BCUT2D eigenvalue weighted by Crippen LogP contribution is 2.25. The maximum Gasteiger partial charge on any atom is 0.466 e. The van der Waals surface area contributed by atoms with E-state index in [1.165, 1.54) is 16.7 Å². The Morgan fingerprint density at radius 3 is 0.812 bits per heavy atom. The SMILES string of the molecule is Cc1ccc(OBr)cc1.Cc1ccc(OBr)cc1.Cc1ccc(OBr)cc1.O=P(O)(O)O. The molecule has 3 N–H and O–H groups in total. The molecule has 0 saturated carbocycles. The van der Waals surface area contributed by atoms with Crippen LogP contribution in [-0.4, -0.2) is 14.7 Å². The van der Waals surface area contributed by atoms with Gasteiger partial charge in [0.05, 0.1) is 0 Å². The van der Waals surface area contributed by atoms with Gasteiger partial charge < -0.3 is 26.2 Å². The summed E-state index contributed by atoms with van der Waals surface area (Å²) in [4.78, 5) is 21.6. The van der Waals surface area contributed by atoms with E-state index in [0.29, 0.717) is 0 Å². The summed E-state index contributed by atoms with van der Waals surface area (Å²) in [5, 5.41) is 0. The van der Waals surface area contributed by atoms with Crippen LogP contribution in [0, 0.1) is 20.8 Å². The normalized spacial score (nSPS) is 9.53. The van der Waals surface area contributed by atoms with Gasteiger partial charge in [-0.05, 0) is 57.2 Å². The molecule has 0 fully saturated rings. The zero-order valence-electron chi connectivity index (χ0n) is 17.5. The van der Waals surface area contributed by atoms with E-state index in [1.807, 2.05) is 93.6 Å². The second-order valence-electron chi connectivity index (χ2n) is 6.18. The van der Waals surface area contributed by atoms with Crippen molar-refractivity contribution >= 4 is 56.6 Å². The zero-order valence-corrected chi connectivity index (χ0v) is 23.1. The van der Waals surface area contributed by atoms with Crippen molar-refractivity contribution in [2.24, 2.45) is 0 Å². The Morgan fingerprint density at radius 1 is 0.531 bits per heavy atom. The molecule has 0 atom stereocenters. The standard InChI is InChI=1S/3C7H7BrO.H3O4P/c3*1-6-2-4-7(9-8)5-3-6;1-5(2,3)4/h3*2-5H,1H3;(H3,1,2,3,4). The van der Waals surface area contributed by atoms with Gasteiger partial charge in [0, 0.05) is 0 Å². The second-order valence-corrected chi connectivity index (χ2v) is 8.18. The average Bonchev–Trinajstić information content (AvgIpc) is 2.75. The Kier molecular flexibility index (Phi) is 16.4. The summed E-state index contributed by atoms with van der Waals surface area (Å²) in [5.74, 6) is 2.50. The first kappa shape index (κ1) is 30.6. The molecule has 11 heteroatoms. The summed E-state index contributed by atoms with van der Waals surface area (Å²) < 4.78 is 23.2. The van der Waals surface area contributed by atoms with Crippen LogP contribution in [0.3, 0.4) is 0 Å². The first-order chi connectivity index (χ1) is 15.0. The van der Waals surface area contributed by atoms with Crippen LogP contribution < -0.4 is 11.5 Å². The minimum Gasteiger partial charge on any atom is -0.418 e. The molecule has 0 spiro atoms. The van der Waals surface area contributed by atoms with Gasteiger partial charge in [0.15, 0.2) is 48.8 Å². The molecule has 0 aliphatic carbocycles. The van der Waals surface area contributed by atoms with Gasteiger partial charge in [-0.15, -0.1) is 0 Å². The van der Waals surface area contributed by atoms with Crippen molar-refractivity contribution in [1.29, 1.82) is 0 Å². The van der Waals surface area contributed by atoms with Crippen molar-refractivity contribution in [2.75, 3.05) is 0 Å². The highest BCUT2D eigenvalue weighted by molar-refractivity contribution is 9.06. The molecule has 0 saturated heterocycles. The summed E-state index contributed by atoms with van der Waals surface area (Å²) in [6.07, 6.45) is 0. The first-order valence-corrected chi connectivity index (χ1v) is 12.3. The molecule has 176 valence electrons. The third-order valence-corrected chi connectivity index (χ3v) is 4.45. The van der Waals surface area contributed by atoms with Gasteiger partial charge in [-0.2, -0.15) is 0 Å². The van der Waals surface area contributed by atoms with E-state index in [9.17, 15) is 0 Å². The highest BCUT2D eigenvalue weighted by atomic mass is 79.9. The minimum absolute atomic E-state index is 0.834. The van der Waals surface area contributed by atoms with Gasteiger partial charge >= 0.3 is 7.82 Å². The predicted molar refractivity (Wildman–Crippen MR) is 136 cm³/mol. The monoisotopic (exact) mass is 656 g/mol. The molecule has 3 rings (SSSR count). The lowest BCUT2D eigenvalue weighted by Crippen LogP contribution is -1.73. The molecule has 7 nitrogen and oxygen atoms in total. The van der Waals surface area contributed by atoms with Crippen LogP contribution in [0.5, 0.6) is 17.2 Å². The summed E-state index contributed by atoms with van der Waals surface area (Å²) >= 11 is 8.65. The van der Waals surface area contributed by atoms with Gasteiger partial charge in [0.2, 0.25) is 0 Å². The fourth-order valence-corrected chi connectivity index (χ4v) is 2.42. The van der Waals surface area contributed by atoms with Crippen molar-refractivity contribution in [2.45, 2.75) is 20.8 Å². The van der Waals surface area contributed by atoms with E-state index in [4.69, 9.17) is 30.7 Å². The van der Waals surface area contributed by atoms with E-state index in [1.54, 1.807) is 0 Å². The third kappa shape index (κ3) is 18.2. The first-order valence-electron chi connectivity index (χ1n) is 8.82. The zero-order chi connectivity index (χ0) is 24.6. The van der Waals surface area contributed by atoms with Crippen molar-refractivity contribution in [3.8, 4) is 17.2 Å². The summed E-state index contributed by atoms with van der Waals surface area (Å²) in [6, 6.07) is 23.4. The molecule has 0 amide bonds. The number of phosphoric acid groups is 1. The molecular formula is C21H24Br3O7P. The van der Waals surface area contributed by atoms with E-state index in [-0.39, 0.29) is 0 Å². The number of hydrogen-bond acceptors (Lipinski definition) is 4. The van der Waals surface area contributed by atoms with E-state index >= 15 is 0 Å². The van der Waals surface area contributed by atoms with Gasteiger partial charge in [-0.25, -0.2) is 4.57 Å². The van der Waals surface area contributed by atoms with Crippen LogP contribution in [-0.2, 0) is 4.57 Å². The maximum atomic E-state index is 8.88. The van der Waals surface area contributed by atoms with Gasteiger partial charge in [0.25, 0.3) is 0 Å². The number of aryl methyl sites for hydroxylation is 3. The Morgan fingerprint density at radius 2 is 0.688 bits per heavy atom. The molecule has 3 aromatic carbocycles. The van der Waals surface area contributed by atoms with Gasteiger partial charge in [-0.3, -0.25) is 0 Å². The molecule has 0 aliphatic rings. The molecule has 0 aliphatic heterocycles. The van der Waals surface area contributed by atoms with Crippen molar-refractivity contribution in [3.63, 3.8) is 0 Å². The Hall–Kier alpha value is -1.39. The second kappa shape index (κ2) is 17.1. The molecular weight excluding hydrogens is 635 g/mol. The maximum absolute atomic E-state index is 8.88. The van der Waals surface area contributed by atoms with Crippen LogP contribution in [0.2, 0.25) is 0 Å². The van der Waals surface area contributed by atoms with Crippen LogP contribution >= 0.6 is 56.6 Å². The van der Waals surface area contributed by atoms with E-state index in [2.05, 4.69) is 48.8 Å². The lowest BCUT2D eigenvalue weighted by molar-refractivity contribution is 0.275. The number of rotatable bonds is 3.